The highest BCUT2D eigenvalue weighted by atomic mass is 79.9. The fraction of sp³-hybridized carbons (Fsp3) is 0.250. The molecule has 0 saturated carbocycles. The van der Waals surface area contributed by atoms with Crippen LogP contribution in [0.4, 0.5) is 10.1 Å². The Balaban J connectivity index is 2.43. The molecule has 3 N–H and O–H groups in total. The summed E-state index contributed by atoms with van der Waals surface area (Å²) in [4.78, 5) is 0.0243. The molecule has 2 rings (SSSR count). The number of hydrogen-bond donors (Lipinski definition) is 3. The van der Waals surface area contributed by atoms with E-state index >= 15 is 0 Å². The first-order chi connectivity index (χ1) is 9.85. The third kappa shape index (κ3) is 3.42. The second kappa shape index (κ2) is 6.12. The number of halogens is 2. The molecule has 1 aromatic heterocycles. The maximum Gasteiger partial charge on any atom is 0.265 e. The van der Waals surface area contributed by atoms with Gasteiger partial charge >= 0.3 is 0 Å². The van der Waals surface area contributed by atoms with Crippen molar-refractivity contribution in [2.45, 2.75) is 18.4 Å². The Hall–Kier alpha value is -1.45. The average Bonchev–Trinajstić information content (AvgIpc) is 2.76. The lowest BCUT2D eigenvalue weighted by Gasteiger charge is -2.10. The molecule has 21 heavy (non-hydrogen) atoms. The van der Waals surface area contributed by atoms with Crippen molar-refractivity contribution in [3.63, 3.8) is 0 Å². The minimum absolute atomic E-state index is 0.0243. The molecule has 0 saturated heterocycles. The van der Waals surface area contributed by atoms with Crippen molar-refractivity contribution >= 4 is 31.6 Å². The van der Waals surface area contributed by atoms with Crippen molar-refractivity contribution < 1.29 is 12.8 Å². The molecule has 0 amide bonds. The number of nitrogens with one attached hydrogen (secondary N) is 3. The number of anilines is 1. The van der Waals surface area contributed by atoms with Crippen molar-refractivity contribution in [1.29, 1.82) is 0 Å². The third-order valence-electron chi connectivity index (χ3n) is 2.75. The highest BCUT2D eigenvalue weighted by Gasteiger charge is 2.25. The van der Waals surface area contributed by atoms with Gasteiger partial charge in [0.2, 0.25) is 0 Å². The van der Waals surface area contributed by atoms with Crippen LogP contribution in [0.2, 0.25) is 0 Å². The molecule has 0 radical (unpaired) electrons. The molecule has 0 aliphatic carbocycles. The molecule has 0 atom stereocenters. The lowest BCUT2D eigenvalue weighted by Crippen LogP contribution is -2.18. The van der Waals surface area contributed by atoms with Gasteiger partial charge in [-0.15, -0.1) is 0 Å². The summed E-state index contributed by atoms with van der Waals surface area (Å²) >= 11 is 3.18. The fourth-order valence-electron chi connectivity index (χ4n) is 1.88. The van der Waals surface area contributed by atoms with Crippen LogP contribution >= 0.6 is 15.9 Å². The summed E-state index contributed by atoms with van der Waals surface area (Å²) in [7, 11) is -2.26. The molecule has 0 aliphatic heterocycles. The van der Waals surface area contributed by atoms with Gasteiger partial charge in [0.15, 0.2) is 0 Å². The van der Waals surface area contributed by atoms with Gasteiger partial charge in [-0.3, -0.25) is 9.82 Å². The van der Waals surface area contributed by atoms with Gasteiger partial charge in [0.05, 0.1) is 17.1 Å². The number of benzene rings is 1. The SMILES string of the molecule is CNCc1n[nH]c(C)c1S(=O)(=O)Nc1cc(Br)ccc1F. The van der Waals surface area contributed by atoms with E-state index in [4.69, 9.17) is 0 Å². The molecule has 0 bridgehead atoms. The molecule has 0 spiro atoms. The van der Waals surface area contributed by atoms with Gasteiger partial charge in [0, 0.05) is 11.0 Å². The number of rotatable bonds is 5. The third-order valence-corrected chi connectivity index (χ3v) is 4.81. The van der Waals surface area contributed by atoms with E-state index in [1.807, 2.05) is 0 Å². The predicted molar refractivity (Wildman–Crippen MR) is 81.0 cm³/mol. The number of aromatic amines is 1. The predicted octanol–water partition coefficient (Wildman–Crippen LogP) is 2.14. The molecule has 9 heteroatoms. The summed E-state index contributed by atoms with van der Waals surface area (Å²) in [6, 6.07) is 4.03. The summed E-state index contributed by atoms with van der Waals surface area (Å²) in [5, 5.41) is 9.41. The van der Waals surface area contributed by atoms with Crippen LogP contribution in [-0.2, 0) is 16.6 Å². The molecule has 114 valence electrons. The maximum absolute atomic E-state index is 13.7. The zero-order valence-corrected chi connectivity index (χ0v) is 13.8. The molecular formula is C12H14BrFN4O2S. The molecule has 0 fully saturated rings. The highest BCUT2D eigenvalue weighted by molar-refractivity contribution is 9.10. The summed E-state index contributed by atoms with van der Waals surface area (Å²) in [5.74, 6) is -0.655. The van der Waals surface area contributed by atoms with Crippen molar-refractivity contribution in [3.8, 4) is 0 Å². The zero-order chi connectivity index (χ0) is 15.6. The summed E-state index contributed by atoms with van der Waals surface area (Å²) in [5.41, 5.74) is 0.612. The lowest BCUT2D eigenvalue weighted by atomic mass is 10.3. The second-order valence-corrected chi connectivity index (χ2v) is 6.92. The molecule has 1 aromatic carbocycles. The van der Waals surface area contributed by atoms with Crippen LogP contribution in [0.3, 0.4) is 0 Å². The molecule has 6 nitrogen and oxygen atoms in total. The molecule has 0 aliphatic rings. The topological polar surface area (TPSA) is 86.9 Å². The highest BCUT2D eigenvalue weighted by Crippen LogP contribution is 2.25. The second-order valence-electron chi connectivity index (χ2n) is 4.38. The summed E-state index contributed by atoms with van der Waals surface area (Å²) in [6.07, 6.45) is 0. The van der Waals surface area contributed by atoms with Crippen LogP contribution in [0, 0.1) is 12.7 Å². The number of aromatic nitrogens is 2. The zero-order valence-electron chi connectivity index (χ0n) is 11.4. The van der Waals surface area contributed by atoms with E-state index < -0.39 is 15.8 Å². The Morgan fingerprint density at radius 1 is 1.43 bits per heavy atom. The molecule has 1 heterocycles. The first-order valence-electron chi connectivity index (χ1n) is 6.01. The van der Waals surface area contributed by atoms with E-state index in [0.717, 1.165) is 0 Å². The van der Waals surface area contributed by atoms with Crippen LogP contribution in [-0.4, -0.2) is 25.7 Å². The van der Waals surface area contributed by atoms with Gasteiger partial charge in [-0.25, -0.2) is 12.8 Å². The van der Waals surface area contributed by atoms with Crippen molar-refractivity contribution in [3.05, 3.63) is 39.9 Å². The Morgan fingerprint density at radius 2 is 2.14 bits per heavy atom. The number of hydrogen-bond acceptors (Lipinski definition) is 4. The average molecular weight is 377 g/mol. The normalized spacial score (nSPS) is 11.6. The Morgan fingerprint density at radius 3 is 2.81 bits per heavy atom. The van der Waals surface area contributed by atoms with Gasteiger partial charge < -0.3 is 5.32 Å². The lowest BCUT2D eigenvalue weighted by molar-refractivity contribution is 0.596. The molecule has 2 aromatic rings. The summed E-state index contributed by atoms with van der Waals surface area (Å²) < 4.78 is 41.5. The quantitative estimate of drug-likeness (QED) is 0.745. The van der Waals surface area contributed by atoms with Crippen LogP contribution in [0.15, 0.2) is 27.6 Å². The van der Waals surface area contributed by atoms with E-state index in [-0.39, 0.29) is 17.1 Å². The van der Waals surface area contributed by atoms with E-state index in [2.05, 4.69) is 36.2 Å². The Labute approximate surface area is 130 Å². The molecule has 0 unspecified atom stereocenters. The summed E-state index contributed by atoms with van der Waals surface area (Å²) in [6.45, 7) is 1.87. The Kier molecular flexibility index (Phi) is 4.64. The van der Waals surface area contributed by atoms with Gasteiger partial charge in [-0.05, 0) is 32.2 Å². The monoisotopic (exact) mass is 376 g/mol. The fourth-order valence-corrected chi connectivity index (χ4v) is 3.67. The first-order valence-corrected chi connectivity index (χ1v) is 8.29. The van der Waals surface area contributed by atoms with Gasteiger partial charge in [-0.1, -0.05) is 15.9 Å². The van der Waals surface area contributed by atoms with Gasteiger partial charge in [0.1, 0.15) is 10.7 Å². The van der Waals surface area contributed by atoms with Gasteiger partial charge in [-0.2, -0.15) is 5.10 Å². The van der Waals surface area contributed by atoms with Gasteiger partial charge in [0.25, 0.3) is 10.0 Å². The van der Waals surface area contributed by atoms with E-state index in [1.54, 1.807) is 14.0 Å². The van der Waals surface area contributed by atoms with Crippen molar-refractivity contribution in [1.82, 2.24) is 15.5 Å². The molecular weight excluding hydrogens is 363 g/mol. The Bertz CT molecular complexity index is 761. The number of aryl methyl sites for hydroxylation is 1. The van der Waals surface area contributed by atoms with Crippen LogP contribution in [0.25, 0.3) is 0 Å². The van der Waals surface area contributed by atoms with Crippen LogP contribution in [0.5, 0.6) is 0 Å². The number of sulfonamides is 1. The standard InChI is InChI=1S/C12H14BrFN4O2S/c1-7-12(11(6-15-2)17-16-7)21(19,20)18-10-5-8(13)3-4-9(10)14/h3-5,15,18H,6H2,1-2H3,(H,16,17). The number of H-pyrrole nitrogens is 1. The minimum atomic E-state index is -3.94. The first kappa shape index (κ1) is 15.9. The van der Waals surface area contributed by atoms with E-state index in [0.29, 0.717) is 15.9 Å². The minimum Gasteiger partial charge on any atom is -0.314 e. The smallest absolute Gasteiger partial charge is 0.265 e. The van der Waals surface area contributed by atoms with Crippen LogP contribution in [0.1, 0.15) is 11.4 Å². The van der Waals surface area contributed by atoms with Crippen molar-refractivity contribution in [2.24, 2.45) is 0 Å². The largest absolute Gasteiger partial charge is 0.314 e. The van der Waals surface area contributed by atoms with Crippen LogP contribution < -0.4 is 10.0 Å². The number of nitrogens with zero attached hydrogens (tertiary/aromatic N) is 1. The van der Waals surface area contributed by atoms with Crippen molar-refractivity contribution in [2.75, 3.05) is 11.8 Å². The van der Waals surface area contributed by atoms with E-state index in [9.17, 15) is 12.8 Å². The van der Waals surface area contributed by atoms with E-state index in [1.165, 1.54) is 18.2 Å². The maximum atomic E-state index is 13.7.